The maximum absolute atomic E-state index is 13.5. The molecule has 2 aromatic heterocycles. The molecule has 0 unspecified atom stereocenters. The highest BCUT2D eigenvalue weighted by atomic mass is 32.1. The van der Waals surface area contributed by atoms with Crippen molar-refractivity contribution >= 4 is 28.0 Å². The number of aromatic nitrogens is 1. The Balaban J connectivity index is 1.85. The van der Waals surface area contributed by atoms with E-state index in [0.717, 1.165) is 46.4 Å². The third kappa shape index (κ3) is 4.31. The Morgan fingerprint density at radius 3 is 2.59 bits per heavy atom. The quantitative estimate of drug-likeness (QED) is 0.258. The van der Waals surface area contributed by atoms with Gasteiger partial charge in [-0.05, 0) is 54.1 Å². The SMILES string of the molecule is C/C(=N\Oc1ccc(F)c(F)c1)c1c(C(C)C)n(Cc2cccs2)c2ccc(CO)cc12. The zero-order valence-electron chi connectivity index (χ0n) is 18.1. The minimum Gasteiger partial charge on any atom is -0.392 e. The molecule has 0 aliphatic heterocycles. The van der Waals surface area contributed by atoms with E-state index in [0.29, 0.717) is 5.71 Å². The van der Waals surface area contributed by atoms with Crippen LogP contribution in [0.5, 0.6) is 5.75 Å². The fraction of sp³-hybridized carbons (Fsp3) is 0.240. The van der Waals surface area contributed by atoms with Crippen LogP contribution >= 0.6 is 11.3 Å². The van der Waals surface area contributed by atoms with Crippen molar-refractivity contribution in [2.45, 2.75) is 39.8 Å². The van der Waals surface area contributed by atoms with Crippen LogP contribution in [0.3, 0.4) is 0 Å². The van der Waals surface area contributed by atoms with Gasteiger partial charge in [-0.2, -0.15) is 0 Å². The number of aliphatic hydroxyl groups excluding tert-OH is 1. The number of oxime groups is 1. The Morgan fingerprint density at radius 1 is 1.12 bits per heavy atom. The lowest BCUT2D eigenvalue weighted by Gasteiger charge is -2.15. The van der Waals surface area contributed by atoms with E-state index in [1.165, 1.54) is 10.9 Å². The average molecular weight is 455 g/mol. The number of fused-ring (bicyclic) bond motifs is 1. The summed E-state index contributed by atoms with van der Waals surface area (Å²) in [5.74, 6) is -1.62. The first kappa shape index (κ1) is 22.2. The van der Waals surface area contributed by atoms with Gasteiger partial charge in [-0.1, -0.05) is 31.1 Å². The number of rotatable bonds is 7. The predicted octanol–water partition coefficient (Wildman–Crippen LogP) is 6.45. The number of benzene rings is 2. The molecule has 0 aliphatic rings. The molecule has 4 aromatic rings. The van der Waals surface area contributed by atoms with Crippen molar-refractivity contribution in [1.82, 2.24) is 4.57 Å². The second kappa shape index (κ2) is 9.22. The van der Waals surface area contributed by atoms with Gasteiger partial charge < -0.3 is 14.5 Å². The number of hydrogen-bond acceptors (Lipinski definition) is 4. The monoisotopic (exact) mass is 454 g/mol. The van der Waals surface area contributed by atoms with Gasteiger partial charge in [0, 0.05) is 33.1 Å². The summed E-state index contributed by atoms with van der Waals surface area (Å²) in [7, 11) is 0. The molecule has 0 bridgehead atoms. The Morgan fingerprint density at radius 2 is 1.94 bits per heavy atom. The van der Waals surface area contributed by atoms with Crippen LogP contribution in [0.4, 0.5) is 8.78 Å². The van der Waals surface area contributed by atoms with Crippen molar-refractivity contribution in [2.24, 2.45) is 5.16 Å². The van der Waals surface area contributed by atoms with Crippen molar-refractivity contribution in [3.63, 3.8) is 0 Å². The highest BCUT2D eigenvalue weighted by Crippen LogP contribution is 2.34. The van der Waals surface area contributed by atoms with Crippen LogP contribution in [-0.4, -0.2) is 15.4 Å². The van der Waals surface area contributed by atoms with Gasteiger partial charge in [-0.25, -0.2) is 8.78 Å². The first-order chi connectivity index (χ1) is 15.4. The highest BCUT2D eigenvalue weighted by Gasteiger charge is 2.22. The summed E-state index contributed by atoms with van der Waals surface area (Å²) < 4.78 is 29.0. The van der Waals surface area contributed by atoms with E-state index < -0.39 is 11.6 Å². The Bertz CT molecular complexity index is 1280. The van der Waals surface area contributed by atoms with Gasteiger partial charge in [0.15, 0.2) is 17.4 Å². The van der Waals surface area contributed by atoms with Crippen LogP contribution in [0.15, 0.2) is 59.1 Å². The van der Waals surface area contributed by atoms with Gasteiger partial charge in [0.25, 0.3) is 0 Å². The van der Waals surface area contributed by atoms with Gasteiger partial charge in [0.05, 0.1) is 18.9 Å². The molecule has 0 amide bonds. The summed E-state index contributed by atoms with van der Waals surface area (Å²) in [5, 5.41) is 17.0. The molecule has 1 N–H and O–H groups in total. The molecule has 2 aromatic carbocycles. The Labute approximate surface area is 189 Å². The van der Waals surface area contributed by atoms with E-state index in [-0.39, 0.29) is 18.3 Å². The number of halogens is 2. The maximum Gasteiger partial charge on any atom is 0.162 e. The Kier molecular flexibility index (Phi) is 6.39. The van der Waals surface area contributed by atoms with E-state index in [1.807, 2.05) is 31.2 Å². The highest BCUT2D eigenvalue weighted by molar-refractivity contribution is 7.09. The van der Waals surface area contributed by atoms with E-state index in [9.17, 15) is 13.9 Å². The standard InChI is InChI=1S/C25H24F2N2O2S/c1-15(2)25-24(16(3)28-31-18-7-8-21(26)22(27)12-18)20-11-17(14-30)6-9-23(20)29(25)13-19-5-4-10-32-19/h4-12,15,30H,13-14H2,1-3H3/b28-16+. The van der Waals surface area contributed by atoms with Crippen LogP contribution in [0, 0.1) is 11.6 Å². The third-order valence-corrected chi connectivity index (χ3v) is 6.19. The molecule has 0 atom stereocenters. The molecule has 0 saturated heterocycles. The molecule has 0 aliphatic carbocycles. The van der Waals surface area contributed by atoms with Gasteiger partial charge >= 0.3 is 0 Å². The number of hydrogen-bond donors (Lipinski definition) is 1. The van der Waals surface area contributed by atoms with Crippen LogP contribution < -0.4 is 4.84 Å². The van der Waals surface area contributed by atoms with Gasteiger partial charge in [0.1, 0.15) is 0 Å². The molecule has 32 heavy (non-hydrogen) atoms. The summed E-state index contributed by atoms with van der Waals surface area (Å²) in [6.45, 7) is 6.74. The van der Waals surface area contributed by atoms with E-state index in [1.54, 1.807) is 11.3 Å². The summed E-state index contributed by atoms with van der Waals surface area (Å²) in [6, 6.07) is 13.4. The van der Waals surface area contributed by atoms with Crippen LogP contribution in [0.1, 0.15) is 48.4 Å². The molecule has 0 saturated carbocycles. The van der Waals surface area contributed by atoms with Gasteiger partial charge in [-0.3, -0.25) is 0 Å². The molecule has 4 nitrogen and oxygen atoms in total. The van der Waals surface area contributed by atoms with Crippen molar-refractivity contribution in [3.8, 4) is 5.75 Å². The van der Waals surface area contributed by atoms with E-state index in [4.69, 9.17) is 4.84 Å². The second-order valence-corrected chi connectivity index (χ2v) is 8.97. The van der Waals surface area contributed by atoms with Crippen LogP contribution in [-0.2, 0) is 13.2 Å². The van der Waals surface area contributed by atoms with Crippen LogP contribution in [0.2, 0.25) is 0 Å². The number of aliphatic hydroxyl groups is 1. The molecule has 7 heteroatoms. The first-order valence-electron chi connectivity index (χ1n) is 10.3. The zero-order valence-corrected chi connectivity index (χ0v) is 18.9. The smallest absolute Gasteiger partial charge is 0.162 e. The predicted molar refractivity (Wildman–Crippen MR) is 125 cm³/mol. The van der Waals surface area contributed by atoms with Gasteiger partial charge in [-0.15, -0.1) is 11.3 Å². The maximum atomic E-state index is 13.5. The second-order valence-electron chi connectivity index (χ2n) is 7.93. The van der Waals surface area contributed by atoms with Crippen molar-refractivity contribution < 1.29 is 18.7 Å². The normalized spacial score (nSPS) is 12.2. The molecular formula is C25H24F2N2O2S. The van der Waals surface area contributed by atoms with E-state index in [2.05, 4.69) is 35.0 Å². The molecule has 2 heterocycles. The van der Waals surface area contributed by atoms with Gasteiger partial charge in [0.2, 0.25) is 0 Å². The minimum atomic E-state index is -0.988. The molecule has 0 fully saturated rings. The molecular weight excluding hydrogens is 430 g/mol. The lowest BCUT2D eigenvalue weighted by molar-refractivity contribution is 0.282. The van der Waals surface area contributed by atoms with E-state index >= 15 is 0 Å². The lowest BCUT2D eigenvalue weighted by Crippen LogP contribution is -2.09. The third-order valence-electron chi connectivity index (χ3n) is 5.33. The molecule has 0 radical (unpaired) electrons. The van der Waals surface area contributed by atoms with Crippen molar-refractivity contribution in [1.29, 1.82) is 0 Å². The van der Waals surface area contributed by atoms with Crippen molar-refractivity contribution in [3.05, 3.63) is 87.2 Å². The lowest BCUT2D eigenvalue weighted by atomic mass is 9.99. The fourth-order valence-corrected chi connectivity index (χ4v) is 4.62. The Hall–Kier alpha value is -3.03. The summed E-state index contributed by atoms with van der Waals surface area (Å²) in [4.78, 5) is 6.67. The zero-order chi connectivity index (χ0) is 22.8. The average Bonchev–Trinajstić information content (AvgIpc) is 3.40. The first-order valence-corrected chi connectivity index (χ1v) is 11.2. The van der Waals surface area contributed by atoms with Crippen LogP contribution in [0.25, 0.3) is 10.9 Å². The topological polar surface area (TPSA) is 46.8 Å². The molecule has 4 rings (SSSR count). The number of nitrogens with zero attached hydrogens (tertiary/aromatic N) is 2. The fourth-order valence-electron chi connectivity index (χ4n) is 3.93. The largest absolute Gasteiger partial charge is 0.392 e. The minimum absolute atomic E-state index is 0.0654. The summed E-state index contributed by atoms with van der Waals surface area (Å²) >= 11 is 1.70. The van der Waals surface area contributed by atoms with Crippen molar-refractivity contribution in [2.75, 3.05) is 0 Å². The molecule has 0 spiro atoms. The summed E-state index contributed by atoms with van der Waals surface area (Å²) in [6.07, 6.45) is 0. The summed E-state index contributed by atoms with van der Waals surface area (Å²) in [5.41, 5.74) is 4.47. The molecule has 166 valence electrons. The number of thiophene rings is 1.